The Bertz CT molecular complexity index is 1030. The minimum absolute atomic E-state index is 0.171. The van der Waals surface area contributed by atoms with Gasteiger partial charge in [0.05, 0.1) is 28.4 Å². The van der Waals surface area contributed by atoms with E-state index in [9.17, 15) is 9.59 Å². The Morgan fingerprint density at radius 3 is 2.59 bits per heavy atom. The van der Waals surface area contributed by atoms with Crippen LogP contribution in [0.3, 0.4) is 0 Å². The largest absolute Gasteiger partial charge is 0.494 e. The van der Waals surface area contributed by atoms with Crippen LogP contribution in [-0.4, -0.2) is 25.5 Å². The van der Waals surface area contributed by atoms with Gasteiger partial charge in [-0.25, -0.2) is 0 Å². The number of carbonyl (C=O) groups excluding carboxylic acids is 2. The number of rotatable bonds is 5. The molecule has 0 aliphatic heterocycles. The molecule has 0 fully saturated rings. The van der Waals surface area contributed by atoms with Gasteiger partial charge >= 0.3 is 0 Å². The summed E-state index contributed by atoms with van der Waals surface area (Å²) in [4.78, 5) is 24.9. The van der Waals surface area contributed by atoms with E-state index in [2.05, 4.69) is 10.6 Å². The van der Waals surface area contributed by atoms with E-state index < -0.39 is 5.91 Å². The molecule has 2 aromatic carbocycles. The van der Waals surface area contributed by atoms with Crippen LogP contribution in [0.5, 0.6) is 5.75 Å². The maximum Gasteiger partial charge on any atom is 0.263 e. The predicted octanol–water partition coefficient (Wildman–Crippen LogP) is 4.89. The van der Waals surface area contributed by atoms with Gasteiger partial charge in [0.15, 0.2) is 5.75 Å². The van der Waals surface area contributed by atoms with Gasteiger partial charge < -0.3 is 15.4 Å². The minimum Gasteiger partial charge on any atom is -0.494 e. The Morgan fingerprint density at radius 1 is 1.15 bits per heavy atom. The summed E-state index contributed by atoms with van der Waals surface area (Å²) in [5, 5.41) is 6.78. The van der Waals surface area contributed by atoms with Crippen LogP contribution in [0.25, 0.3) is 10.1 Å². The number of halogens is 2. The molecule has 5 nitrogen and oxygen atoms in total. The van der Waals surface area contributed by atoms with Crippen LogP contribution >= 0.6 is 34.5 Å². The average Bonchev–Trinajstić information content (AvgIpc) is 2.98. The summed E-state index contributed by atoms with van der Waals surface area (Å²) in [7, 11) is 1.50. The smallest absolute Gasteiger partial charge is 0.263 e. The number of benzene rings is 2. The van der Waals surface area contributed by atoms with E-state index in [-0.39, 0.29) is 12.5 Å². The fourth-order valence-corrected chi connectivity index (χ4v) is 4.41. The number of fused-ring (bicyclic) bond motifs is 1. The van der Waals surface area contributed by atoms with Gasteiger partial charge in [-0.15, -0.1) is 11.3 Å². The number of nitrogens with one attached hydrogen (secondary N) is 2. The van der Waals surface area contributed by atoms with Crippen molar-refractivity contribution in [2.24, 2.45) is 0 Å². The zero-order valence-corrected chi connectivity index (χ0v) is 16.9. The molecule has 2 amide bonds. The quantitative estimate of drug-likeness (QED) is 0.614. The maximum absolute atomic E-state index is 12.5. The van der Waals surface area contributed by atoms with E-state index in [0.29, 0.717) is 36.4 Å². The minimum atomic E-state index is -0.431. The molecule has 0 aliphatic rings. The average molecular weight is 423 g/mol. The topological polar surface area (TPSA) is 67.4 Å². The summed E-state index contributed by atoms with van der Waals surface area (Å²) < 4.78 is 5.99. The maximum atomic E-state index is 12.5. The zero-order chi connectivity index (χ0) is 19.6. The molecule has 0 spiro atoms. The second-order valence-electron chi connectivity index (χ2n) is 5.75. The molecule has 2 N–H and O–H groups in total. The second kappa shape index (κ2) is 8.17. The second-order valence-corrected chi connectivity index (χ2v) is 7.55. The molecule has 140 valence electrons. The SMILES string of the molecule is COc1c(Cl)ccc2c(Cl)c(C(=O)NCC(=O)Nc3ccccc3C)sc12. The van der Waals surface area contributed by atoms with E-state index in [0.717, 1.165) is 5.56 Å². The zero-order valence-electron chi connectivity index (χ0n) is 14.6. The number of anilines is 1. The van der Waals surface area contributed by atoms with Gasteiger partial charge in [-0.1, -0.05) is 47.5 Å². The third-order valence-electron chi connectivity index (χ3n) is 3.94. The highest BCUT2D eigenvalue weighted by atomic mass is 35.5. The van der Waals surface area contributed by atoms with Crippen molar-refractivity contribution in [3.63, 3.8) is 0 Å². The van der Waals surface area contributed by atoms with Crippen molar-refractivity contribution in [1.29, 1.82) is 0 Å². The van der Waals surface area contributed by atoms with Crippen molar-refractivity contribution < 1.29 is 14.3 Å². The third-order valence-corrected chi connectivity index (χ3v) is 5.95. The molecule has 1 heterocycles. The van der Waals surface area contributed by atoms with E-state index in [1.165, 1.54) is 18.4 Å². The lowest BCUT2D eigenvalue weighted by molar-refractivity contribution is -0.115. The first-order valence-corrected chi connectivity index (χ1v) is 9.57. The monoisotopic (exact) mass is 422 g/mol. The van der Waals surface area contributed by atoms with Gasteiger partial charge in [-0.3, -0.25) is 9.59 Å². The van der Waals surface area contributed by atoms with E-state index in [1.807, 2.05) is 25.1 Å². The molecule has 3 aromatic rings. The van der Waals surface area contributed by atoms with Crippen molar-refractivity contribution in [3.8, 4) is 5.75 Å². The number of ether oxygens (including phenoxy) is 1. The molecule has 0 saturated carbocycles. The number of hydrogen-bond acceptors (Lipinski definition) is 4. The highest BCUT2D eigenvalue weighted by Crippen LogP contribution is 2.43. The molecule has 8 heteroatoms. The van der Waals surface area contributed by atoms with Gasteiger partial charge in [0.2, 0.25) is 5.91 Å². The number of methoxy groups -OCH3 is 1. The fraction of sp³-hybridized carbons (Fsp3) is 0.158. The summed E-state index contributed by atoms with van der Waals surface area (Å²) in [6, 6.07) is 10.8. The lowest BCUT2D eigenvalue weighted by Gasteiger charge is -2.08. The molecule has 0 aliphatic carbocycles. The van der Waals surface area contributed by atoms with Crippen LogP contribution in [0.15, 0.2) is 36.4 Å². The lowest BCUT2D eigenvalue weighted by atomic mass is 10.2. The molecule has 0 unspecified atom stereocenters. The summed E-state index contributed by atoms with van der Waals surface area (Å²) in [6.07, 6.45) is 0. The first kappa shape index (κ1) is 19.5. The van der Waals surface area contributed by atoms with E-state index >= 15 is 0 Å². The summed E-state index contributed by atoms with van der Waals surface area (Å²) in [6.45, 7) is 1.72. The van der Waals surface area contributed by atoms with Gasteiger partial charge in [-0.05, 0) is 24.6 Å². The standard InChI is InChI=1S/C19H16Cl2N2O3S/c1-10-5-3-4-6-13(10)23-14(24)9-22-19(25)18-15(21)11-7-8-12(20)16(26-2)17(11)27-18/h3-8H,9H2,1-2H3,(H,22,25)(H,23,24). The van der Waals surface area contributed by atoms with Crippen molar-refractivity contribution in [2.45, 2.75) is 6.92 Å². The van der Waals surface area contributed by atoms with Gasteiger partial charge in [0.1, 0.15) is 4.88 Å². The predicted molar refractivity (Wildman–Crippen MR) is 111 cm³/mol. The fourth-order valence-electron chi connectivity index (χ4n) is 2.57. The number of para-hydroxylation sites is 1. The summed E-state index contributed by atoms with van der Waals surface area (Å²) in [5.74, 6) is -0.285. The van der Waals surface area contributed by atoms with Crippen LogP contribution in [0.1, 0.15) is 15.2 Å². The first-order valence-electron chi connectivity index (χ1n) is 8.00. The lowest BCUT2D eigenvalue weighted by Crippen LogP contribution is -2.32. The van der Waals surface area contributed by atoms with E-state index in [1.54, 1.807) is 18.2 Å². The van der Waals surface area contributed by atoms with Crippen molar-refractivity contribution >= 4 is 62.1 Å². The molecule has 0 atom stereocenters. The molecule has 3 rings (SSSR count). The molecule has 27 heavy (non-hydrogen) atoms. The van der Waals surface area contributed by atoms with Crippen LogP contribution in [-0.2, 0) is 4.79 Å². The Morgan fingerprint density at radius 2 is 1.89 bits per heavy atom. The number of thiophene rings is 1. The summed E-state index contributed by atoms with van der Waals surface area (Å²) >= 11 is 13.6. The molecule has 0 bridgehead atoms. The Kier molecular flexibility index (Phi) is 5.89. The van der Waals surface area contributed by atoms with Gasteiger partial charge in [0, 0.05) is 11.1 Å². The number of amides is 2. The third kappa shape index (κ3) is 4.03. The van der Waals surface area contributed by atoms with Crippen molar-refractivity contribution in [3.05, 3.63) is 56.9 Å². The number of aryl methyl sites for hydroxylation is 1. The van der Waals surface area contributed by atoms with Gasteiger partial charge in [-0.2, -0.15) is 0 Å². The molecule has 1 aromatic heterocycles. The number of carbonyl (C=O) groups is 2. The molecular weight excluding hydrogens is 407 g/mol. The molecule has 0 radical (unpaired) electrons. The van der Waals surface area contributed by atoms with Crippen LogP contribution < -0.4 is 15.4 Å². The summed E-state index contributed by atoms with van der Waals surface area (Å²) in [5.41, 5.74) is 1.64. The normalized spacial score (nSPS) is 10.7. The van der Waals surface area contributed by atoms with Gasteiger partial charge in [0.25, 0.3) is 5.91 Å². The molecule has 0 saturated heterocycles. The highest BCUT2D eigenvalue weighted by molar-refractivity contribution is 7.22. The Labute approximate surface area is 170 Å². The highest BCUT2D eigenvalue weighted by Gasteiger charge is 2.21. The van der Waals surface area contributed by atoms with Crippen LogP contribution in [0, 0.1) is 6.92 Å². The first-order chi connectivity index (χ1) is 12.9. The van der Waals surface area contributed by atoms with Crippen LogP contribution in [0.2, 0.25) is 10.0 Å². The Hall–Kier alpha value is -2.28. The van der Waals surface area contributed by atoms with Crippen molar-refractivity contribution in [2.75, 3.05) is 19.0 Å². The van der Waals surface area contributed by atoms with Crippen molar-refractivity contribution in [1.82, 2.24) is 5.32 Å². The molecular formula is C19H16Cl2N2O3S. The van der Waals surface area contributed by atoms with E-state index in [4.69, 9.17) is 27.9 Å². The van der Waals surface area contributed by atoms with Crippen LogP contribution in [0.4, 0.5) is 5.69 Å². The number of hydrogen-bond donors (Lipinski definition) is 2. The Balaban J connectivity index is 1.74.